The van der Waals surface area contributed by atoms with Gasteiger partial charge in [-0.2, -0.15) is 13.2 Å². The number of para-hydroxylation sites is 1. The predicted octanol–water partition coefficient (Wildman–Crippen LogP) is 5.47. The highest BCUT2D eigenvalue weighted by Gasteiger charge is 2.65. The van der Waals surface area contributed by atoms with E-state index in [1.54, 1.807) is 18.3 Å². The van der Waals surface area contributed by atoms with E-state index in [4.69, 9.17) is 0 Å². The predicted molar refractivity (Wildman–Crippen MR) is 140 cm³/mol. The molecule has 6 rings (SSSR count). The van der Waals surface area contributed by atoms with Crippen LogP contribution in [0.25, 0.3) is 11.1 Å². The highest BCUT2D eigenvalue weighted by Crippen LogP contribution is 2.58. The zero-order valence-corrected chi connectivity index (χ0v) is 21.3. The number of halogens is 3. The van der Waals surface area contributed by atoms with E-state index in [2.05, 4.69) is 31.2 Å². The number of anilines is 2. The summed E-state index contributed by atoms with van der Waals surface area (Å²) < 4.78 is 41.1. The van der Waals surface area contributed by atoms with Crippen molar-refractivity contribution in [2.75, 3.05) is 29.9 Å². The van der Waals surface area contributed by atoms with Gasteiger partial charge in [0.05, 0.1) is 12.2 Å². The van der Waals surface area contributed by atoms with Crippen molar-refractivity contribution in [3.63, 3.8) is 0 Å². The largest absolute Gasteiger partial charge is 0.399 e. The van der Waals surface area contributed by atoms with E-state index in [9.17, 15) is 18.0 Å². The molecule has 1 aliphatic carbocycles. The third kappa shape index (κ3) is 4.53. The number of fused-ring (bicyclic) bond motifs is 1. The van der Waals surface area contributed by atoms with Crippen molar-refractivity contribution < 1.29 is 18.0 Å². The number of nitrogens with zero attached hydrogens (tertiary/aromatic N) is 4. The van der Waals surface area contributed by atoms with E-state index in [0.717, 1.165) is 66.2 Å². The average Bonchev–Trinajstić information content (AvgIpc) is 3.74. The van der Waals surface area contributed by atoms with Crippen LogP contribution in [0.15, 0.2) is 54.9 Å². The fourth-order valence-electron chi connectivity index (χ4n) is 5.81. The molecule has 1 saturated heterocycles. The number of benzene rings is 1. The Labute approximate surface area is 219 Å². The number of amides is 1. The summed E-state index contributed by atoms with van der Waals surface area (Å²) in [6.45, 7) is 4.61. The lowest BCUT2D eigenvalue weighted by Gasteiger charge is -2.38. The number of aryl methyl sites for hydroxylation is 1. The van der Waals surface area contributed by atoms with Crippen molar-refractivity contribution in [2.24, 2.45) is 0 Å². The topological polar surface area (TPSA) is 61.4 Å². The molecule has 0 spiro atoms. The van der Waals surface area contributed by atoms with E-state index in [1.165, 1.54) is 6.20 Å². The van der Waals surface area contributed by atoms with Gasteiger partial charge in [0.25, 0.3) is 0 Å². The molecule has 3 aliphatic rings. The maximum atomic E-state index is 13.7. The van der Waals surface area contributed by atoms with Gasteiger partial charge in [-0.1, -0.05) is 18.2 Å². The van der Waals surface area contributed by atoms with Crippen LogP contribution in [-0.4, -0.2) is 52.6 Å². The lowest BCUT2D eigenvalue weighted by Crippen LogP contribution is -2.46. The molecule has 0 radical (unpaired) electrons. The molecule has 0 atom stereocenters. The van der Waals surface area contributed by atoms with Crippen molar-refractivity contribution in [2.45, 2.75) is 56.8 Å². The first-order chi connectivity index (χ1) is 18.2. The first-order valence-electron chi connectivity index (χ1n) is 13.1. The van der Waals surface area contributed by atoms with Crippen molar-refractivity contribution in [3.8, 4) is 11.1 Å². The number of piperidine rings is 1. The van der Waals surface area contributed by atoms with Crippen molar-refractivity contribution in [1.29, 1.82) is 0 Å². The Kier molecular flexibility index (Phi) is 6.13. The lowest BCUT2D eigenvalue weighted by atomic mass is 9.96. The van der Waals surface area contributed by atoms with Gasteiger partial charge in [0.15, 0.2) is 0 Å². The number of alkyl halides is 3. The van der Waals surface area contributed by atoms with E-state index < -0.39 is 11.6 Å². The first kappa shape index (κ1) is 24.9. The second-order valence-electron chi connectivity index (χ2n) is 10.7. The molecule has 198 valence electrons. The van der Waals surface area contributed by atoms with Crippen LogP contribution in [-0.2, 0) is 16.8 Å². The normalized spacial score (nSPS) is 20.0. The third-order valence-corrected chi connectivity index (χ3v) is 8.26. The molecular weight excluding hydrogens is 491 g/mol. The molecule has 4 heterocycles. The highest BCUT2D eigenvalue weighted by molar-refractivity contribution is 5.93. The number of nitrogens with one attached hydrogen (secondary N) is 1. The molecule has 2 aliphatic heterocycles. The van der Waals surface area contributed by atoms with E-state index in [0.29, 0.717) is 6.54 Å². The summed E-state index contributed by atoms with van der Waals surface area (Å²) in [6, 6.07) is 13.6. The minimum atomic E-state index is -4.29. The molecule has 1 saturated carbocycles. The van der Waals surface area contributed by atoms with Gasteiger partial charge in [-0.3, -0.25) is 14.7 Å². The van der Waals surface area contributed by atoms with Gasteiger partial charge in [0.2, 0.25) is 5.91 Å². The molecule has 0 unspecified atom stereocenters. The Morgan fingerprint density at radius 2 is 1.79 bits per heavy atom. The maximum Gasteiger partial charge on any atom is 0.399 e. The fourth-order valence-corrected chi connectivity index (χ4v) is 5.81. The Balaban J connectivity index is 1.18. The standard InChI is InChI=1S/C29H30F3N5O/c1-19-16-34-26(15-23(19)20-6-11-33-25(14-20)28(9-10-28)29(30,31)32)36-12-7-22(8-13-36)37-17-21-4-2-3-5-24(21)35-27(38)18-37/h2-6,11,14-16,22H,7-10,12-13,17-18H2,1H3,(H,35,38). The summed E-state index contributed by atoms with van der Waals surface area (Å²) in [5.74, 6) is 0.829. The van der Waals surface area contributed by atoms with Gasteiger partial charge in [-0.05, 0) is 79.1 Å². The summed E-state index contributed by atoms with van der Waals surface area (Å²) >= 11 is 0. The van der Waals surface area contributed by atoms with Crippen LogP contribution < -0.4 is 10.2 Å². The smallest absolute Gasteiger partial charge is 0.356 e. The zero-order chi connectivity index (χ0) is 26.5. The number of hydrogen-bond acceptors (Lipinski definition) is 5. The van der Waals surface area contributed by atoms with Crippen LogP contribution >= 0.6 is 0 Å². The number of pyridine rings is 2. The van der Waals surface area contributed by atoms with Gasteiger partial charge in [-0.25, -0.2) is 4.98 Å². The van der Waals surface area contributed by atoms with Gasteiger partial charge >= 0.3 is 6.18 Å². The van der Waals surface area contributed by atoms with Crippen LogP contribution in [0.3, 0.4) is 0 Å². The highest BCUT2D eigenvalue weighted by atomic mass is 19.4. The first-order valence-corrected chi connectivity index (χ1v) is 13.1. The summed E-state index contributed by atoms with van der Waals surface area (Å²) in [5.41, 5.74) is 2.82. The molecule has 6 nitrogen and oxygen atoms in total. The van der Waals surface area contributed by atoms with Crippen molar-refractivity contribution >= 4 is 17.4 Å². The zero-order valence-electron chi connectivity index (χ0n) is 21.3. The average molecular weight is 522 g/mol. The summed E-state index contributed by atoms with van der Waals surface area (Å²) in [5, 5.41) is 3.01. The van der Waals surface area contributed by atoms with E-state index in [-0.39, 0.29) is 30.5 Å². The van der Waals surface area contributed by atoms with Crippen LogP contribution in [0.2, 0.25) is 0 Å². The minimum absolute atomic E-state index is 0.0115. The minimum Gasteiger partial charge on any atom is -0.356 e. The van der Waals surface area contributed by atoms with Crippen LogP contribution in [0.1, 0.15) is 42.5 Å². The van der Waals surface area contributed by atoms with Crippen LogP contribution in [0.4, 0.5) is 24.7 Å². The molecule has 1 amide bonds. The molecule has 9 heteroatoms. The van der Waals surface area contributed by atoms with Gasteiger partial charge in [0.1, 0.15) is 11.2 Å². The monoisotopic (exact) mass is 521 g/mol. The van der Waals surface area contributed by atoms with Crippen molar-refractivity contribution in [3.05, 3.63) is 71.7 Å². The molecule has 3 aromatic rings. The number of carbonyl (C=O) groups excluding carboxylic acids is 1. The fraction of sp³-hybridized carbons (Fsp3) is 0.414. The molecular formula is C29H30F3N5O. The number of rotatable bonds is 4. The van der Waals surface area contributed by atoms with Crippen LogP contribution in [0, 0.1) is 6.92 Å². The van der Waals surface area contributed by atoms with Crippen molar-refractivity contribution in [1.82, 2.24) is 14.9 Å². The van der Waals surface area contributed by atoms with Gasteiger partial charge in [0, 0.05) is 43.8 Å². The maximum absolute atomic E-state index is 13.7. The quantitative estimate of drug-likeness (QED) is 0.494. The van der Waals surface area contributed by atoms with E-state index >= 15 is 0 Å². The summed E-state index contributed by atoms with van der Waals surface area (Å²) in [7, 11) is 0. The summed E-state index contributed by atoms with van der Waals surface area (Å²) in [4.78, 5) is 25.7. The van der Waals surface area contributed by atoms with Gasteiger partial charge in [-0.15, -0.1) is 0 Å². The van der Waals surface area contributed by atoms with E-state index in [1.807, 2.05) is 31.2 Å². The lowest BCUT2D eigenvalue weighted by molar-refractivity contribution is -0.161. The molecule has 0 bridgehead atoms. The summed E-state index contributed by atoms with van der Waals surface area (Å²) in [6.07, 6.45) is 0.958. The number of carbonyl (C=O) groups is 1. The molecule has 1 aromatic carbocycles. The Morgan fingerprint density at radius 1 is 1.03 bits per heavy atom. The number of aromatic nitrogens is 2. The Bertz CT molecular complexity index is 1360. The third-order valence-electron chi connectivity index (χ3n) is 8.26. The molecule has 2 fully saturated rings. The molecule has 38 heavy (non-hydrogen) atoms. The molecule has 1 N–H and O–H groups in total. The Hall–Kier alpha value is -3.46. The van der Waals surface area contributed by atoms with Crippen LogP contribution in [0.5, 0.6) is 0 Å². The SMILES string of the molecule is Cc1cnc(N2CCC(N3CC(=O)Nc4ccccc4C3)CC2)cc1-c1ccnc(C2(C(F)(F)F)CC2)c1. The molecule has 2 aromatic heterocycles. The second kappa shape index (κ2) is 9.38. The number of hydrogen-bond donors (Lipinski definition) is 1. The van der Waals surface area contributed by atoms with Gasteiger partial charge < -0.3 is 10.2 Å². The Morgan fingerprint density at radius 3 is 2.53 bits per heavy atom. The second-order valence-corrected chi connectivity index (χ2v) is 10.7.